The molecule has 0 aromatic heterocycles. The maximum absolute atomic E-state index is 12.5. The Balaban J connectivity index is 1.32. The summed E-state index contributed by atoms with van der Waals surface area (Å²) in [6.07, 6.45) is 5.75. The molecule has 2 unspecified atom stereocenters. The van der Waals surface area contributed by atoms with E-state index in [1.807, 2.05) is 18.2 Å². The Morgan fingerprint density at radius 2 is 1.91 bits per heavy atom. The highest BCUT2D eigenvalue weighted by Gasteiger charge is 2.72. The number of likely N-dealkylation sites (tertiary alicyclic amines) is 1. The predicted octanol–water partition coefficient (Wildman–Crippen LogP) is 3.44. The molecule has 5 heteroatoms. The van der Waals surface area contributed by atoms with E-state index in [-0.39, 0.29) is 24.7 Å². The third-order valence-corrected chi connectivity index (χ3v) is 9.34. The van der Waals surface area contributed by atoms with Gasteiger partial charge in [-0.1, -0.05) is 36.4 Å². The van der Waals surface area contributed by atoms with Crippen molar-refractivity contribution in [1.29, 1.82) is 0 Å². The van der Waals surface area contributed by atoms with Crippen LogP contribution in [0.25, 0.3) is 0 Å². The number of rotatable bonds is 6. The highest BCUT2D eigenvalue weighted by molar-refractivity contribution is 5.62. The average Bonchev–Trinajstić information content (AvgIpc) is 3.58. The third kappa shape index (κ3) is 2.76. The molecule has 0 amide bonds. The molecule has 2 aliphatic heterocycles. The predicted molar refractivity (Wildman–Crippen MR) is 124 cm³/mol. The smallest absolute Gasteiger partial charge is 0.165 e. The first kappa shape index (κ1) is 20.3. The molecular weight excluding hydrogens is 414 g/mol. The van der Waals surface area contributed by atoms with Gasteiger partial charge in [0, 0.05) is 30.7 Å². The maximum atomic E-state index is 12.5. The van der Waals surface area contributed by atoms with E-state index >= 15 is 0 Å². The van der Waals surface area contributed by atoms with Gasteiger partial charge in [0.2, 0.25) is 0 Å². The first-order valence-corrected chi connectivity index (χ1v) is 12.7. The molecule has 5 nitrogen and oxygen atoms in total. The number of hydrogen-bond acceptors (Lipinski definition) is 5. The first-order valence-electron chi connectivity index (χ1n) is 12.7. The number of nitrogens with zero attached hydrogens (tertiary/aromatic N) is 1. The summed E-state index contributed by atoms with van der Waals surface area (Å²) >= 11 is 0. The highest BCUT2D eigenvalue weighted by atomic mass is 16.5. The van der Waals surface area contributed by atoms with Gasteiger partial charge in [-0.3, -0.25) is 4.90 Å². The van der Waals surface area contributed by atoms with Gasteiger partial charge >= 0.3 is 0 Å². The van der Waals surface area contributed by atoms with Crippen molar-refractivity contribution in [3.8, 4) is 11.5 Å². The van der Waals surface area contributed by atoms with E-state index in [2.05, 4.69) is 29.2 Å². The molecule has 33 heavy (non-hydrogen) atoms. The number of benzene rings is 2. The second kappa shape index (κ2) is 7.21. The van der Waals surface area contributed by atoms with E-state index in [4.69, 9.17) is 9.47 Å². The van der Waals surface area contributed by atoms with Crippen LogP contribution in [0.15, 0.2) is 42.5 Å². The molecule has 2 aromatic carbocycles. The lowest BCUT2D eigenvalue weighted by Crippen LogP contribution is -2.76. The van der Waals surface area contributed by atoms with E-state index in [9.17, 15) is 10.2 Å². The van der Waals surface area contributed by atoms with Gasteiger partial charge in [-0.25, -0.2) is 0 Å². The summed E-state index contributed by atoms with van der Waals surface area (Å²) in [5.74, 6) is 2.43. The number of piperidine rings is 1. The van der Waals surface area contributed by atoms with Crippen molar-refractivity contribution >= 4 is 0 Å². The number of hydrogen-bond donors (Lipinski definition) is 2. The third-order valence-electron chi connectivity index (χ3n) is 9.34. The lowest BCUT2D eigenvalue weighted by atomic mass is 9.47. The highest BCUT2D eigenvalue weighted by Crippen LogP contribution is 2.66. The summed E-state index contributed by atoms with van der Waals surface area (Å²) in [6.45, 7) is 2.69. The molecule has 0 radical (unpaired) electrons. The van der Waals surface area contributed by atoms with Crippen molar-refractivity contribution in [2.24, 2.45) is 11.8 Å². The van der Waals surface area contributed by atoms with Gasteiger partial charge in [0.1, 0.15) is 12.7 Å². The Bertz CT molecular complexity index is 1070. The van der Waals surface area contributed by atoms with Crippen LogP contribution >= 0.6 is 0 Å². The molecule has 2 aromatic rings. The Kier molecular flexibility index (Phi) is 4.44. The lowest BCUT2D eigenvalue weighted by Gasteiger charge is -2.64. The van der Waals surface area contributed by atoms with Crippen molar-refractivity contribution in [2.75, 3.05) is 19.7 Å². The molecule has 1 spiro atoms. The number of aliphatic hydroxyl groups excluding tert-OH is 1. The number of ether oxygens (including phenoxy) is 2. The van der Waals surface area contributed by atoms with Crippen molar-refractivity contribution in [1.82, 2.24) is 4.90 Å². The topological polar surface area (TPSA) is 62.2 Å². The molecule has 1 saturated heterocycles. The van der Waals surface area contributed by atoms with Crippen LogP contribution in [0.5, 0.6) is 11.5 Å². The van der Waals surface area contributed by atoms with E-state index < -0.39 is 11.0 Å². The van der Waals surface area contributed by atoms with Crippen LogP contribution in [-0.4, -0.2) is 52.6 Å². The SMILES string of the molecule is OCC1CC[C@@]2(O)[C@H]3Cc4ccc(OCc5ccccc5)c5c4[C@@]2(CCN3CC2CC2)C1O5. The van der Waals surface area contributed by atoms with Crippen molar-refractivity contribution in [2.45, 2.75) is 68.3 Å². The van der Waals surface area contributed by atoms with Crippen LogP contribution in [0.1, 0.15) is 48.8 Å². The van der Waals surface area contributed by atoms with Crippen molar-refractivity contribution in [3.05, 3.63) is 59.2 Å². The summed E-state index contributed by atoms with van der Waals surface area (Å²) < 4.78 is 13.0. The minimum atomic E-state index is -0.813. The minimum Gasteiger partial charge on any atom is -0.485 e. The zero-order valence-electron chi connectivity index (χ0n) is 19.1. The zero-order valence-corrected chi connectivity index (χ0v) is 19.1. The molecule has 5 atom stereocenters. The molecule has 2 saturated carbocycles. The van der Waals surface area contributed by atoms with Crippen LogP contribution < -0.4 is 9.47 Å². The van der Waals surface area contributed by atoms with Gasteiger partial charge in [0.25, 0.3) is 0 Å². The molecule has 2 heterocycles. The fourth-order valence-electron chi connectivity index (χ4n) is 7.61. The molecule has 174 valence electrons. The largest absolute Gasteiger partial charge is 0.485 e. The Morgan fingerprint density at radius 3 is 2.70 bits per heavy atom. The molecule has 2 N–H and O–H groups in total. The van der Waals surface area contributed by atoms with Gasteiger partial charge in [0.15, 0.2) is 11.5 Å². The fourth-order valence-corrected chi connectivity index (χ4v) is 7.61. The van der Waals surface area contributed by atoms with Gasteiger partial charge in [-0.15, -0.1) is 0 Å². The Labute approximate surface area is 195 Å². The lowest BCUT2D eigenvalue weighted by molar-refractivity contribution is -0.200. The summed E-state index contributed by atoms with van der Waals surface area (Å²) in [4.78, 5) is 2.58. The van der Waals surface area contributed by atoms with Crippen molar-refractivity contribution < 1.29 is 19.7 Å². The van der Waals surface area contributed by atoms with E-state index in [1.165, 1.54) is 24.0 Å². The molecular formula is C28H33NO4. The van der Waals surface area contributed by atoms with Crippen LogP contribution in [-0.2, 0) is 18.4 Å². The van der Waals surface area contributed by atoms with Crippen LogP contribution in [0.2, 0.25) is 0 Å². The fraction of sp³-hybridized carbons (Fsp3) is 0.571. The monoisotopic (exact) mass is 447 g/mol. The van der Waals surface area contributed by atoms with Gasteiger partial charge in [-0.05, 0) is 68.2 Å². The second-order valence-corrected chi connectivity index (χ2v) is 11.0. The van der Waals surface area contributed by atoms with E-state index in [0.29, 0.717) is 6.61 Å². The average molecular weight is 448 g/mol. The van der Waals surface area contributed by atoms with Crippen LogP contribution in [0.4, 0.5) is 0 Å². The minimum absolute atomic E-state index is 0.0428. The normalized spacial score (nSPS) is 36.2. The first-order chi connectivity index (χ1) is 16.1. The summed E-state index contributed by atoms with van der Waals surface area (Å²) in [7, 11) is 0. The van der Waals surface area contributed by atoms with Crippen LogP contribution in [0.3, 0.4) is 0 Å². The molecule has 2 bridgehead atoms. The van der Waals surface area contributed by atoms with E-state index in [1.54, 1.807) is 0 Å². The summed E-state index contributed by atoms with van der Waals surface area (Å²) in [5.41, 5.74) is 2.34. The Hall–Kier alpha value is -2.08. The van der Waals surface area contributed by atoms with Crippen molar-refractivity contribution in [3.63, 3.8) is 0 Å². The quantitative estimate of drug-likeness (QED) is 0.710. The maximum Gasteiger partial charge on any atom is 0.165 e. The van der Waals surface area contributed by atoms with Crippen LogP contribution in [0, 0.1) is 11.8 Å². The molecule has 3 aliphatic carbocycles. The summed E-state index contributed by atoms with van der Waals surface area (Å²) in [6, 6.07) is 14.6. The summed E-state index contributed by atoms with van der Waals surface area (Å²) in [5, 5.41) is 22.7. The van der Waals surface area contributed by atoms with Gasteiger partial charge in [-0.2, -0.15) is 0 Å². The molecule has 3 fully saturated rings. The Morgan fingerprint density at radius 1 is 1.06 bits per heavy atom. The van der Waals surface area contributed by atoms with E-state index in [0.717, 1.165) is 61.8 Å². The second-order valence-electron chi connectivity index (χ2n) is 11.0. The zero-order chi connectivity index (χ0) is 22.2. The molecule has 7 rings (SSSR count). The van der Waals surface area contributed by atoms with Gasteiger partial charge in [0.05, 0.1) is 11.0 Å². The molecule has 5 aliphatic rings. The number of aliphatic hydroxyl groups is 2. The van der Waals surface area contributed by atoms with Gasteiger partial charge < -0.3 is 19.7 Å². The standard InChI is InChI=1S/C28H33NO4/c30-16-21-10-11-28(31)23-14-20-8-9-22(32-17-19-4-2-1-3-5-19)25-24(20)27(28,26(21)33-25)12-13-29(23)15-18-6-7-18/h1-5,8-9,18,21,23,26,30-31H,6-7,10-17H2/t21?,23-,26?,27+,28-/m1/s1.